The molecular formula is C37H32N4O6. The Kier molecular flexibility index (Phi) is 7.77. The van der Waals surface area contributed by atoms with Crippen molar-refractivity contribution in [1.29, 1.82) is 0 Å². The predicted octanol–water partition coefficient (Wildman–Crippen LogP) is 5.29. The zero-order valence-electron chi connectivity index (χ0n) is 25.7. The normalized spacial score (nSPS) is 18.4. The van der Waals surface area contributed by atoms with E-state index in [-0.39, 0.29) is 29.5 Å². The van der Waals surface area contributed by atoms with Crippen LogP contribution in [0.4, 0.5) is 17.1 Å². The van der Waals surface area contributed by atoms with Crippen molar-refractivity contribution >= 4 is 46.6 Å². The first-order valence-corrected chi connectivity index (χ1v) is 15.6. The van der Waals surface area contributed by atoms with Crippen LogP contribution < -0.4 is 19.9 Å². The summed E-state index contributed by atoms with van der Waals surface area (Å²) in [5, 5.41) is 2.89. The molecule has 1 aliphatic carbocycles. The first-order valence-electron chi connectivity index (χ1n) is 15.6. The quantitative estimate of drug-likeness (QED) is 0.278. The van der Waals surface area contributed by atoms with Crippen LogP contribution in [-0.4, -0.2) is 54.1 Å². The van der Waals surface area contributed by atoms with Crippen LogP contribution in [0.5, 0.6) is 5.75 Å². The third-order valence-corrected chi connectivity index (χ3v) is 9.15. The first kappa shape index (κ1) is 29.9. The SMILES string of the molecule is COc1cccc(C(=O)Nc2ccc(CN3C(=O)[C@H]4CCC[C@H]4N(C(=O)CN4C(=O)c5ccccc5C4=O)c4ccccc43)cc2)c1. The second-order valence-corrected chi connectivity index (χ2v) is 11.9. The summed E-state index contributed by atoms with van der Waals surface area (Å²) < 4.78 is 5.22. The van der Waals surface area contributed by atoms with Crippen molar-refractivity contribution in [3.8, 4) is 5.75 Å². The van der Waals surface area contributed by atoms with Crippen LogP contribution in [0.25, 0.3) is 0 Å². The highest BCUT2D eigenvalue weighted by atomic mass is 16.5. The Morgan fingerprint density at radius 2 is 1.47 bits per heavy atom. The van der Waals surface area contributed by atoms with E-state index in [9.17, 15) is 24.0 Å². The molecule has 10 nitrogen and oxygen atoms in total. The number of anilines is 3. The molecule has 3 aliphatic rings. The monoisotopic (exact) mass is 628 g/mol. The fourth-order valence-corrected chi connectivity index (χ4v) is 6.85. The van der Waals surface area contributed by atoms with E-state index in [4.69, 9.17) is 4.74 Å². The molecule has 1 saturated carbocycles. The third-order valence-electron chi connectivity index (χ3n) is 9.15. The lowest BCUT2D eigenvalue weighted by Gasteiger charge is -2.31. The third kappa shape index (κ3) is 5.41. The van der Waals surface area contributed by atoms with Crippen LogP contribution in [0, 0.1) is 5.92 Å². The minimum atomic E-state index is -0.495. The molecule has 0 bridgehead atoms. The second-order valence-electron chi connectivity index (χ2n) is 11.9. The van der Waals surface area contributed by atoms with Crippen molar-refractivity contribution in [2.45, 2.75) is 31.8 Å². The van der Waals surface area contributed by atoms with E-state index in [2.05, 4.69) is 5.32 Å². The van der Waals surface area contributed by atoms with Gasteiger partial charge in [-0.25, -0.2) is 0 Å². The van der Waals surface area contributed by atoms with Gasteiger partial charge in [-0.15, -0.1) is 0 Å². The number of ether oxygens (including phenoxy) is 1. The molecule has 10 heteroatoms. The Morgan fingerprint density at radius 3 is 2.17 bits per heavy atom. The second kappa shape index (κ2) is 12.2. The average Bonchev–Trinajstić information content (AvgIpc) is 3.65. The number of para-hydroxylation sites is 2. The minimum Gasteiger partial charge on any atom is -0.497 e. The maximum absolute atomic E-state index is 14.2. The van der Waals surface area contributed by atoms with Crippen LogP contribution in [0.3, 0.4) is 0 Å². The summed E-state index contributed by atoms with van der Waals surface area (Å²) in [4.78, 5) is 71.6. The van der Waals surface area contributed by atoms with Gasteiger partial charge in [-0.1, -0.05) is 48.9 Å². The van der Waals surface area contributed by atoms with Crippen LogP contribution in [0.15, 0.2) is 97.1 Å². The van der Waals surface area contributed by atoms with Gasteiger partial charge >= 0.3 is 0 Å². The van der Waals surface area contributed by atoms with Crippen molar-refractivity contribution in [3.05, 3.63) is 119 Å². The smallest absolute Gasteiger partial charge is 0.262 e. The molecule has 4 aromatic rings. The molecule has 0 radical (unpaired) electrons. The molecule has 0 aromatic heterocycles. The van der Waals surface area contributed by atoms with Crippen molar-refractivity contribution in [2.24, 2.45) is 5.92 Å². The Morgan fingerprint density at radius 1 is 0.787 bits per heavy atom. The van der Waals surface area contributed by atoms with E-state index >= 15 is 0 Å². The number of methoxy groups -OCH3 is 1. The lowest BCUT2D eigenvalue weighted by atomic mass is 10.0. The number of amides is 5. The minimum absolute atomic E-state index is 0.0774. The zero-order valence-corrected chi connectivity index (χ0v) is 25.7. The van der Waals surface area contributed by atoms with Crippen molar-refractivity contribution < 1.29 is 28.7 Å². The number of nitrogens with zero attached hydrogens (tertiary/aromatic N) is 3. The molecule has 5 amide bonds. The van der Waals surface area contributed by atoms with E-state index in [0.29, 0.717) is 41.2 Å². The topological polar surface area (TPSA) is 116 Å². The van der Waals surface area contributed by atoms with Gasteiger partial charge in [0.25, 0.3) is 17.7 Å². The molecule has 0 unspecified atom stereocenters. The van der Waals surface area contributed by atoms with Gasteiger partial charge in [0.05, 0.1) is 42.1 Å². The molecule has 7 rings (SSSR count). The van der Waals surface area contributed by atoms with Crippen LogP contribution in [-0.2, 0) is 16.1 Å². The summed E-state index contributed by atoms with van der Waals surface area (Å²) in [7, 11) is 1.55. The summed E-state index contributed by atoms with van der Waals surface area (Å²) in [6, 6.07) is 27.6. The Labute approximate surface area is 271 Å². The number of carbonyl (C=O) groups is 5. The van der Waals surface area contributed by atoms with Gasteiger partial charge in [-0.2, -0.15) is 0 Å². The van der Waals surface area contributed by atoms with E-state index in [1.165, 1.54) is 0 Å². The molecule has 0 spiro atoms. The Balaban J connectivity index is 1.14. The lowest BCUT2D eigenvalue weighted by Crippen LogP contribution is -2.49. The highest BCUT2D eigenvalue weighted by Gasteiger charge is 2.47. The summed E-state index contributed by atoms with van der Waals surface area (Å²) in [5.41, 5.74) is 3.63. The number of hydrogen-bond acceptors (Lipinski definition) is 6. The molecule has 1 fully saturated rings. The number of fused-ring (bicyclic) bond motifs is 3. The highest BCUT2D eigenvalue weighted by Crippen LogP contribution is 2.43. The number of rotatable bonds is 7. The maximum Gasteiger partial charge on any atom is 0.262 e. The van der Waals surface area contributed by atoms with Gasteiger partial charge in [0, 0.05) is 17.3 Å². The van der Waals surface area contributed by atoms with Gasteiger partial charge in [-0.3, -0.25) is 28.9 Å². The summed E-state index contributed by atoms with van der Waals surface area (Å²) in [5.74, 6) is -1.59. The molecule has 236 valence electrons. The van der Waals surface area contributed by atoms with Gasteiger partial charge in [0.1, 0.15) is 12.3 Å². The van der Waals surface area contributed by atoms with E-state index in [1.807, 2.05) is 36.4 Å². The van der Waals surface area contributed by atoms with Gasteiger partial charge in [0.2, 0.25) is 11.8 Å². The summed E-state index contributed by atoms with van der Waals surface area (Å²) in [6.07, 6.45) is 2.03. The molecule has 2 heterocycles. The fourth-order valence-electron chi connectivity index (χ4n) is 6.85. The average molecular weight is 629 g/mol. The van der Waals surface area contributed by atoms with Crippen LogP contribution in [0.2, 0.25) is 0 Å². The van der Waals surface area contributed by atoms with Crippen molar-refractivity contribution in [2.75, 3.05) is 28.8 Å². The standard InChI is InChI=1S/C37H32N4O6/c1-47-26-9-6-8-24(20-26)34(43)38-25-18-16-23(17-19-25)21-39-31-13-4-5-14-32(31)41(30-15-7-12-29(30)37(39)46)33(42)22-40-35(44)27-10-2-3-11-28(27)36(40)45/h2-6,8-11,13-14,16-20,29-30H,7,12,15,21-22H2,1H3,(H,38,43)/t29-,30+/m0/s1. The van der Waals surface area contributed by atoms with Gasteiger partial charge in [-0.05, 0) is 73.0 Å². The maximum atomic E-state index is 14.2. The number of hydrogen-bond donors (Lipinski definition) is 1. The summed E-state index contributed by atoms with van der Waals surface area (Å²) >= 11 is 0. The molecular weight excluding hydrogens is 596 g/mol. The zero-order chi connectivity index (χ0) is 32.7. The van der Waals surface area contributed by atoms with Gasteiger partial charge in [0.15, 0.2) is 0 Å². The number of imide groups is 1. The van der Waals surface area contributed by atoms with E-state index in [1.54, 1.807) is 77.6 Å². The summed E-state index contributed by atoms with van der Waals surface area (Å²) in [6.45, 7) is -0.162. The number of benzene rings is 4. The largest absolute Gasteiger partial charge is 0.497 e. The van der Waals surface area contributed by atoms with Crippen molar-refractivity contribution in [3.63, 3.8) is 0 Å². The molecule has 0 saturated heterocycles. The predicted molar refractivity (Wildman–Crippen MR) is 175 cm³/mol. The lowest BCUT2D eigenvalue weighted by molar-refractivity contribution is -0.123. The van der Waals surface area contributed by atoms with Crippen LogP contribution >= 0.6 is 0 Å². The van der Waals surface area contributed by atoms with E-state index < -0.39 is 36.2 Å². The molecule has 47 heavy (non-hydrogen) atoms. The number of nitrogens with one attached hydrogen (secondary N) is 1. The van der Waals surface area contributed by atoms with Crippen LogP contribution in [0.1, 0.15) is 55.9 Å². The fraction of sp³-hybridized carbons (Fsp3) is 0.216. The Bertz CT molecular complexity index is 1890. The number of carbonyl (C=O) groups excluding carboxylic acids is 5. The Hall–Kier alpha value is -5.77. The molecule has 4 aromatic carbocycles. The molecule has 1 N–H and O–H groups in total. The first-order chi connectivity index (χ1) is 22.8. The van der Waals surface area contributed by atoms with Crippen molar-refractivity contribution in [1.82, 2.24) is 4.90 Å². The van der Waals surface area contributed by atoms with Gasteiger partial charge < -0.3 is 19.9 Å². The molecule has 2 aliphatic heterocycles. The highest BCUT2D eigenvalue weighted by molar-refractivity contribution is 6.23. The molecule has 2 atom stereocenters. The van der Waals surface area contributed by atoms with E-state index in [0.717, 1.165) is 16.9 Å².